The Kier molecular flexibility index (Phi) is 53.5. The quantitative estimate of drug-likeness (QED) is 0.0195. The Hall–Kier alpha value is -3.59. The van der Waals surface area contributed by atoms with Gasteiger partial charge in [-0.3, -0.25) is 14.2 Å². The molecule has 0 rings (SSSR count). The topological polar surface area (TPSA) is 111 Å². The van der Waals surface area contributed by atoms with Crippen molar-refractivity contribution < 1.29 is 42.1 Å². The Morgan fingerprint density at radius 1 is 0.408 bits per heavy atom. The number of nitrogens with zero attached hydrogens (tertiary/aromatic N) is 1. The lowest BCUT2D eigenvalue weighted by Gasteiger charge is -2.28. The van der Waals surface area contributed by atoms with Gasteiger partial charge in [0.2, 0.25) is 0 Å². The molecule has 434 valence electrons. The van der Waals surface area contributed by atoms with E-state index in [0.717, 1.165) is 96.3 Å². The predicted molar refractivity (Wildman–Crippen MR) is 323 cm³/mol. The minimum absolute atomic E-state index is 0.0420. The summed E-state index contributed by atoms with van der Waals surface area (Å²) < 4.78 is 34.1. The first-order chi connectivity index (χ1) is 37.0. The Bertz CT molecular complexity index is 1700. The van der Waals surface area contributed by atoms with E-state index < -0.39 is 32.5 Å². The molecule has 0 aromatic heterocycles. The highest BCUT2D eigenvalue weighted by molar-refractivity contribution is 7.45. The van der Waals surface area contributed by atoms with Crippen molar-refractivity contribution in [1.29, 1.82) is 0 Å². The molecule has 0 aliphatic carbocycles. The van der Waals surface area contributed by atoms with Gasteiger partial charge in [0.25, 0.3) is 7.82 Å². The summed E-state index contributed by atoms with van der Waals surface area (Å²) in [4.78, 5) is 37.8. The molecule has 0 saturated heterocycles. The Morgan fingerprint density at radius 2 is 0.711 bits per heavy atom. The van der Waals surface area contributed by atoms with E-state index in [2.05, 4.69) is 135 Å². The molecule has 10 heteroatoms. The molecule has 2 unspecified atom stereocenters. The molecule has 0 aromatic carbocycles. The van der Waals surface area contributed by atoms with Crippen molar-refractivity contribution in [3.8, 4) is 0 Å². The number of carbonyl (C=O) groups is 2. The lowest BCUT2D eigenvalue weighted by atomic mass is 10.0. The second-order valence-corrected chi connectivity index (χ2v) is 22.4. The van der Waals surface area contributed by atoms with Crippen LogP contribution in [0.15, 0.2) is 122 Å². The lowest BCUT2D eigenvalue weighted by molar-refractivity contribution is -0.870. The minimum Gasteiger partial charge on any atom is -0.756 e. The molecule has 0 spiro atoms. The summed E-state index contributed by atoms with van der Waals surface area (Å²) in [5.41, 5.74) is 0. The number of hydrogen-bond acceptors (Lipinski definition) is 8. The van der Waals surface area contributed by atoms with Crippen molar-refractivity contribution >= 4 is 19.8 Å². The van der Waals surface area contributed by atoms with Gasteiger partial charge in [-0.25, -0.2) is 0 Å². The van der Waals surface area contributed by atoms with Crippen LogP contribution in [0.1, 0.15) is 232 Å². The van der Waals surface area contributed by atoms with Crippen LogP contribution in [0, 0.1) is 0 Å². The smallest absolute Gasteiger partial charge is 0.306 e. The van der Waals surface area contributed by atoms with Crippen LogP contribution in [0.5, 0.6) is 0 Å². The van der Waals surface area contributed by atoms with Gasteiger partial charge in [0.05, 0.1) is 27.7 Å². The van der Waals surface area contributed by atoms with Gasteiger partial charge >= 0.3 is 11.9 Å². The second kappa shape index (κ2) is 56.1. The van der Waals surface area contributed by atoms with Gasteiger partial charge in [-0.05, 0) is 103 Å². The highest BCUT2D eigenvalue weighted by atomic mass is 31.2. The third-order valence-corrected chi connectivity index (χ3v) is 13.4. The van der Waals surface area contributed by atoms with Gasteiger partial charge in [-0.1, -0.05) is 238 Å². The van der Waals surface area contributed by atoms with E-state index in [-0.39, 0.29) is 26.1 Å². The summed E-state index contributed by atoms with van der Waals surface area (Å²) >= 11 is 0. The average molecular weight is 1080 g/mol. The molecule has 0 aliphatic heterocycles. The Balaban J connectivity index is 4.04. The summed E-state index contributed by atoms with van der Waals surface area (Å²) in [6, 6.07) is 0. The number of ether oxygens (including phenoxy) is 2. The fraction of sp³-hybridized carbons (Fsp3) is 0.667. The number of phosphoric ester groups is 1. The zero-order chi connectivity index (χ0) is 55.6. The summed E-state index contributed by atoms with van der Waals surface area (Å²) in [6.07, 6.45) is 79.9. The molecule has 76 heavy (non-hydrogen) atoms. The highest BCUT2D eigenvalue weighted by Gasteiger charge is 2.21. The lowest BCUT2D eigenvalue weighted by Crippen LogP contribution is -2.37. The van der Waals surface area contributed by atoms with Gasteiger partial charge in [-0.15, -0.1) is 0 Å². The summed E-state index contributed by atoms with van der Waals surface area (Å²) in [6.45, 7) is 3.95. The van der Waals surface area contributed by atoms with E-state index in [4.69, 9.17) is 18.5 Å². The van der Waals surface area contributed by atoms with Gasteiger partial charge < -0.3 is 27.9 Å². The number of quaternary nitrogens is 1. The maximum absolute atomic E-state index is 12.8. The van der Waals surface area contributed by atoms with Gasteiger partial charge in [0.1, 0.15) is 19.8 Å². The largest absolute Gasteiger partial charge is 0.756 e. The molecule has 0 N–H and O–H groups in total. The van der Waals surface area contributed by atoms with Crippen LogP contribution in [0.2, 0.25) is 0 Å². The van der Waals surface area contributed by atoms with Gasteiger partial charge in [0, 0.05) is 12.8 Å². The van der Waals surface area contributed by atoms with Crippen LogP contribution in [-0.2, 0) is 32.7 Å². The first-order valence-electron chi connectivity index (χ1n) is 30.2. The molecule has 0 fully saturated rings. The van der Waals surface area contributed by atoms with E-state index in [0.29, 0.717) is 23.9 Å². The van der Waals surface area contributed by atoms with Crippen LogP contribution in [0.25, 0.3) is 0 Å². The fourth-order valence-electron chi connectivity index (χ4n) is 7.89. The number of unbranched alkanes of at least 4 members (excludes halogenated alkanes) is 20. The number of allylic oxidation sites excluding steroid dienone is 20. The van der Waals surface area contributed by atoms with Crippen LogP contribution >= 0.6 is 7.82 Å². The summed E-state index contributed by atoms with van der Waals surface area (Å²) in [7, 11) is 1.13. The zero-order valence-electron chi connectivity index (χ0n) is 49.2. The average Bonchev–Trinajstić information content (AvgIpc) is 3.38. The SMILES string of the molecule is CC/C=C\C/C=C\C/C=C\C/C=C\C/C=C\C/C=C\CCCCCCCCCCCCCCCCCCCCC(=O)OC(COC(=O)CCCC/C=C\C/C=C\C/C=C\C/C=C\CC)COP(=O)([O-])OCC[N+](C)(C)C. The summed E-state index contributed by atoms with van der Waals surface area (Å²) in [5.74, 6) is -0.885. The summed E-state index contributed by atoms with van der Waals surface area (Å²) in [5, 5.41) is 0. The third kappa shape index (κ3) is 59.7. The molecule has 0 aromatic rings. The zero-order valence-corrected chi connectivity index (χ0v) is 50.0. The predicted octanol–water partition coefficient (Wildman–Crippen LogP) is 18.5. The van der Waals surface area contributed by atoms with E-state index in [9.17, 15) is 19.0 Å². The number of hydrogen-bond donors (Lipinski definition) is 0. The fourth-order valence-corrected chi connectivity index (χ4v) is 8.61. The molecular formula is C66H112NO8P. The van der Waals surface area contributed by atoms with Crippen LogP contribution < -0.4 is 4.89 Å². The first-order valence-corrected chi connectivity index (χ1v) is 31.7. The molecular weight excluding hydrogens is 966 g/mol. The molecule has 2 atom stereocenters. The van der Waals surface area contributed by atoms with Crippen molar-refractivity contribution in [1.82, 2.24) is 0 Å². The van der Waals surface area contributed by atoms with Crippen molar-refractivity contribution in [3.63, 3.8) is 0 Å². The maximum atomic E-state index is 12.8. The van der Waals surface area contributed by atoms with E-state index >= 15 is 0 Å². The van der Waals surface area contributed by atoms with Crippen molar-refractivity contribution in [2.75, 3.05) is 47.5 Å². The number of esters is 2. The Labute approximate surface area is 467 Å². The number of carbonyl (C=O) groups excluding carboxylic acids is 2. The molecule has 0 bridgehead atoms. The van der Waals surface area contributed by atoms with Crippen molar-refractivity contribution in [2.45, 2.75) is 238 Å². The standard InChI is InChI=1S/C66H112NO8P/c1-6-8-10-12-14-16-18-20-22-23-24-25-26-27-28-29-30-31-32-33-34-35-36-37-38-39-40-41-42-43-45-47-49-51-53-55-57-59-66(69)75-64(63-74-76(70,71)73-61-60-67(3,4)5)62-72-65(68)58-56-54-52-50-48-46-44-21-19-17-15-13-11-9-7-2/h8-11,14-17,20-22,24-25,27-28,30-31,44,48,50,64H,6-7,12-13,18-19,23,26,29,32-43,45-47,49,51-63H2,1-5H3/b10-8-,11-9-,16-14-,17-15-,22-20-,25-24-,28-27-,31-30-,44-21-,50-48-. The minimum atomic E-state index is -4.65. The molecule has 0 radical (unpaired) electrons. The van der Waals surface area contributed by atoms with Crippen LogP contribution in [0.4, 0.5) is 0 Å². The number of phosphoric acid groups is 1. The van der Waals surface area contributed by atoms with Crippen LogP contribution in [-0.4, -0.2) is 70.0 Å². The first kappa shape index (κ1) is 72.4. The van der Waals surface area contributed by atoms with E-state index in [1.165, 1.54) is 96.3 Å². The maximum Gasteiger partial charge on any atom is 0.306 e. The van der Waals surface area contributed by atoms with Gasteiger partial charge in [-0.2, -0.15) is 0 Å². The molecule has 0 amide bonds. The molecule has 0 aliphatic rings. The van der Waals surface area contributed by atoms with Gasteiger partial charge in [0.15, 0.2) is 6.10 Å². The molecule has 0 heterocycles. The molecule has 0 saturated carbocycles. The highest BCUT2D eigenvalue weighted by Crippen LogP contribution is 2.38. The number of rotatable bonds is 54. The third-order valence-electron chi connectivity index (χ3n) is 12.5. The van der Waals surface area contributed by atoms with E-state index in [1.54, 1.807) is 0 Å². The van der Waals surface area contributed by atoms with E-state index in [1.807, 2.05) is 21.1 Å². The Morgan fingerprint density at radius 3 is 1.08 bits per heavy atom. The monoisotopic (exact) mass is 1080 g/mol. The van der Waals surface area contributed by atoms with Crippen LogP contribution in [0.3, 0.4) is 0 Å². The molecule has 9 nitrogen and oxygen atoms in total. The number of likely N-dealkylation sites (N-methyl/N-ethyl adjacent to an activating group) is 1. The normalized spacial score (nSPS) is 14.1. The van der Waals surface area contributed by atoms with Crippen molar-refractivity contribution in [2.24, 2.45) is 0 Å². The second-order valence-electron chi connectivity index (χ2n) is 20.9. The van der Waals surface area contributed by atoms with Crippen molar-refractivity contribution in [3.05, 3.63) is 122 Å².